The number of nitrogens with one attached hydrogen (secondary N) is 1. The number of carbonyl (C=O) groups excluding carboxylic acids is 1. The van der Waals surface area contributed by atoms with Gasteiger partial charge in [-0.25, -0.2) is 0 Å². The third-order valence-corrected chi connectivity index (χ3v) is 2.88. The zero-order valence-electron chi connectivity index (χ0n) is 10.2. The van der Waals surface area contributed by atoms with E-state index in [2.05, 4.69) is 12.2 Å². The van der Waals surface area contributed by atoms with Crippen molar-refractivity contribution in [3.8, 4) is 0 Å². The maximum Gasteiger partial charge on any atom is 0.249 e. The molecule has 1 saturated carbocycles. The number of hydrogen-bond donors (Lipinski definition) is 1. The summed E-state index contributed by atoms with van der Waals surface area (Å²) in [7, 11) is 0. The average molecular weight is 213 g/mol. The van der Waals surface area contributed by atoms with Crippen molar-refractivity contribution in [2.75, 3.05) is 6.61 Å². The molecule has 88 valence electrons. The molecule has 1 amide bonds. The third kappa shape index (κ3) is 4.20. The second-order valence-corrected chi connectivity index (χ2v) is 4.82. The molecular weight excluding hydrogens is 190 g/mol. The zero-order chi connectivity index (χ0) is 11.4. The summed E-state index contributed by atoms with van der Waals surface area (Å²) in [6, 6.07) is 0.192. The van der Waals surface area contributed by atoms with Gasteiger partial charge in [0, 0.05) is 12.6 Å². The first kappa shape index (κ1) is 12.5. The normalized spacial score (nSPS) is 26.5. The van der Waals surface area contributed by atoms with Crippen molar-refractivity contribution in [1.29, 1.82) is 0 Å². The highest BCUT2D eigenvalue weighted by molar-refractivity contribution is 5.81. The summed E-state index contributed by atoms with van der Waals surface area (Å²) in [5.41, 5.74) is 0. The second-order valence-electron chi connectivity index (χ2n) is 4.82. The van der Waals surface area contributed by atoms with Crippen LogP contribution in [0, 0.1) is 11.8 Å². The van der Waals surface area contributed by atoms with Gasteiger partial charge in [0.2, 0.25) is 5.91 Å². The first-order valence-electron chi connectivity index (χ1n) is 5.96. The van der Waals surface area contributed by atoms with Gasteiger partial charge >= 0.3 is 0 Å². The Labute approximate surface area is 92.6 Å². The minimum absolute atomic E-state index is 0.0472. The maximum absolute atomic E-state index is 11.8. The van der Waals surface area contributed by atoms with Gasteiger partial charge in [-0.15, -0.1) is 0 Å². The van der Waals surface area contributed by atoms with E-state index in [0.717, 1.165) is 12.3 Å². The fourth-order valence-corrected chi connectivity index (χ4v) is 1.83. The van der Waals surface area contributed by atoms with Crippen molar-refractivity contribution in [1.82, 2.24) is 5.32 Å². The number of rotatable bonds is 6. The summed E-state index contributed by atoms with van der Waals surface area (Å²) >= 11 is 0. The van der Waals surface area contributed by atoms with Gasteiger partial charge in [0.25, 0.3) is 0 Å². The minimum atomic E-state index is -0.243. The summed E-state index contributed by atoms with van der Waals surface area (Å²) in [6.07, 6.45) is 1.89. The van der Waals surface area contributed by atoms with Crippen LogP contribution >= 0.6 is 0 Å². The van der Waals surface area contributed by atoms with Crippen LogP contribution in [0.5, 0.6) is 0 Å². The van der Waals surface area contributed by atoms with E-state index in [1.165, 1.54) is 6.42 Å². The summed E-state index contributed by atoms with van der Waals surface area (Å²) in [6.45, 7) is 8.72. The summed E-state index contributed by atoms with van der Waals surface area (Å²) in [5, 5.41) is 2.91. The fraction of sp³-hybridized carbons (Fsp3) is 0.917. The summed E-state index contributed by atoms with van der Waals surface area (Å²) in [5.74, 6) is 1.52. The SMILES string of the molecule is CCOC(CC1CC1C)C(=O)NC(C)C. The van der Waals surface area contributed by atoms with Gasteiger partial charge in [0.05, 0.1) is 0 Å². The number of ether oxygens (including phenoxy) is 1. The van der Waals surface area contributed by atoms with Crippen LogP contribution in [0.25, 0.3) is 0 Å². The highest BCUT2D eigenvalue weighted by Gasteiger charge is 2.36. The lowest BCUT2D eigenvalue weighted by Gasteiger charge is -2.18. The van der Waals surface area contributed by atoms with Crippen molar-refractivity contribution < 1.29 is 9.53 Å². The molecule has 0 saturated heterocycles. The van der Waals surface area contributed by atoms with Crippen LogP contribution in [-0.4, -0.2) is 24.7 Å². The smallest absolute Gasteiger partial charge is 0.249 e. The third-order valence-electron chi connectivity index (χ3n) is 2.88. The molecule has 3 atom stereocenters. The van der Waals surface area contributed by atoms with Crippen LogP contribution in [0.1, 0.15) is 40.5 Å². The molecule has 1 fully saturated rings. The van der Waals surface area contributed by atoms with Gasteiger partial charge in [0.15, 0.2) is 0 Å². The monoisotopic (exact) mass is 213 g/mol. The van der Waals surface area contributed by atoms with Crippen molar-refractivity contribution >= 4 is 5.91 Å². The predicted molar refractivity (Wildman–Crippen MR) is 60.6 cm³/mol. The van der Waals surface area contributed by atoms with Crippen LogP contribution in [0.3, 0.4) is 0 Å². The molecule has 0 aromatic heterocycles. The summed E-state index contributed by atoms with van der Waals surface area (Å²) < 4.78 is 5.49. The molecule has 0 spiro atoms. The molecule has 0 heterocycles. The van der Waals surface area contributed by atoms with Crippen molar-refractivity contribution in [3.05, 3.63) is 0 Å². The van der Waals surface area contributed by atoms with Crippen LogP contribution in [0.15, 0.2) is 0 Å². The lowest BCUT2D eigenvalue weighted by atomic mass is 10.1. The van der Waals surface area contributed by atoms with E-state index in [1.54, 1.807) is 0 Å². The molecule has 3 unspecified atom stereocenters. The zero-order valence-corrected chi connectivity index (χ0v) is 10.2. The molecule has 0 radical (unpaired) electrons. The van der Waals surface area contributed by atoms with E-state index >= 15 is 0 Å². The quantitative estimate of drug-likeness (QED) is 0.732. The molecule has 15 heavy (non-hydrogen) atoms. The lowest BCUT2D eigenvalue weighted by molar-refractivity contribution is -0.133. The van der Waals surface area contributed by atoms with E-state index < -0.39 is 0 Å². The van der Waals surface area contributed by atoms with E-state index in [4.69, 9.17) is 4.74 Å². The highest BCUT2D eigenvalue weighted by atomic mass is 16.5. The first-order chi connectivity index (χ1) is 7.04. The number of amides is 1. The topological polar surface area (TPSA) is 38.3 Å². The van der Waals surface area contributed by atoms with Crippen molar-refractivity contribution in [2.24, 2.45) is 11.8 Å². The Morgan fingerprint density at radius 1 is 1.53 bits per heavy atom. The molecule has 0 aliphatic heterocycles. The Kier molecular flexibility index (Phi) is 4.58. The van der Waals surface area contributed by atoms with Crippen molar-refractivity contribution in [3.63, 3.8) is 0 Å². The Morgan fingerprint density at radius 3 is 2.53 bits per heavy atom. The lowest BCUT2D eigenvalue weighted by Crippen LogP contribution is -2.40. The van der Waals surface area contributed by atoms with Gasteiger partial charge in [-0.1, -0.05) is 6.92 Å². The van der Waals surface area contributed by atoms with Gasteiger partial charge in [0.1, 0.15) is 6.10 Å². The molecule has 0 aromatic carbocycles. The fourth-order valence-electron chi connectivity index (χ4n) is 1.83. The Morgan fingerprint density at radius 2 is 2.13 bits per heavy atom. The molecule has 1 N–H and O–H groups in total. The van der Waals surface area contributed by atoms with Crippen LogP contribution in [-0.2, 0) is 9.53 Å². The van der Waals surface area contributed by atoms with E-state index in [9.17, 15) is 4.79 Å². The highest BCUT2D eigenvalue weighted by Crippen LogP contribution is 2.41. The molecule has 3 nitrogen and oxygen atoms in total. The van der Waals surface area contributed by atoms with E-state index in [-0.39, 0.29) is 18.1 Å². The van der Waals surface area contributed by atoms with Gasteiger partial charge < -0.3 is 10.1 Å². The number of carbonyl (C=O) groups is 1. The second kappa shape index (κ2) is 5.50. The van der Waals surface area contributed by atoms with E-state index in [0.29, 0.717) is 12.5 Å². The van der Waals surface area contributed by atoms with Crippen LogP contribution in [0.4, 0.5) is 0 Å². The van der Waals surface area contributed by atoms with Crippen LogP contribution < -0.4 is 5.32 Å². The van der Waals surface area contributed by atoms with Crippen molar-refractivity contribution in [2.45, 2.75) is 52.7 Å². The Hall–Kier alpha value is -0.570. The number of hydrogen-bond acceptors (Lipinski definition) is 2. The van der Waals surface area contributed by atoms with Gasteiger partial charge in [-0.3, -0.25) is 4.79 Å². The standard InChI is InChI=1S/C12H23NO2/c1-5-15-11(7-10-6-9(10)4)12(14)13-8(2)3/h8-11H,5-7H2,1-4H3,(H,13,14). The minimum Gasteiger partial charge on any atom is -0.369 e. The largest absolute Gasteiger partial charge is 0.369 e. The predicted octanol–water partition coefficient (Wildman–Crippen LogP) is 1.96. The maximum atomic E-state index is 11.8. The Balaban J connectivity index is 2.37. The molecule has 1 aliphatic carbocycles. The van der Waals surface area contributed by atoms with Gasteiger partial charge in [-0.2, -0.15) is 0 Å². The molecule has 1 aliphatic rings. The average Bonchev–Trinajstić information content (AvgIpc) is 2.80. The van der Waals surface area contributed by atoms with E-state index in [1.807, 2.05) is 20.8 Å². The first-order valence-corrected chi connectivity index (χ1v) is 5.96. The van der Waals surface area contributed by atoms with Gasteiger partial charge in [-0.05, 0) is 45.4 Å². The molecule has 0 aromatic rings. The molecule has 0 bridgehead atoms. The molecular formula is C12H23NO2. The molecule has 1 rings (SSSR count). The Bertz CT molecular complexity index is 216. The summed E-state index contributed by atoms with van der Waals surface area (Å²) in [4.78, 5) is 11.8. The van der Waals surface area contributed by atoms with Crippen LogP contribution in [0.2, 0.25) is 0 Å². The molecule has 3 heteroatoms.